The fourth-order valence-electron chi connectivity index (χ4n) is 3.03. The first kappa shape index (κ1) is 15.8. The Morgan fingerprint density at radius 1 is 1.15 bits per heavy atom. The lowest BCUT2D eigenvalue weighted by Crippen LogP contribution is -2.57. The number of carbonyl (C=O) groups is 1. The molecule has 0 unspecified atom stereocenters. The number of hydrogen-bond donors (Lipinski definition) is 0. The zero-order valence-corrected chi connectivity index (χ0v) is 13.6. The molecule has 5 nitrogen and oxygen atoms in total. The second kappa shape index (κ2) is 5.64. The molecule has 0 radical (unpaired) electrons. The van der Waals surface area contributed by atoms with Crippen molar-refractivity contribution in [2.45, 2.75) is 39.7 Å². The van der Waals surface area contributed by atoms with Gasteiger partial charge in [-0.1, -0.05) is 20.8 Å². The predicted octanol–water partition coefficient (Wildman–Crippen LogP) is 0.754. The van der Waals surface area contributed by atoms with E-state index in [1.54, 1.807) is 0 Å². The summed E-state index contributed by atoms with van der Waals surface area (Å²) in [5, 5.41) is 0. The van der Waals surface area contributed by atoms with Gasteiger partial charge in [0.15, 0.2) is 9.84 Å². The van der Waals surface area contributed by atoms with Crippen LogP contribution < -0.4 is 0 Å². The van der Waals surface area contributed by atoms with Crippen LogP contribution in [0.1, 0.15) is 33.6 Å². The standard InChI is InChI=1S/C14H26N2O3S/c1-14(2,3)11-16-6-4-5-12(13(16)17)15-7-9-20(18,19)10-8-15/h12H,4-11H2,1-3H3/t12-/m0/s1. The van der Waals surface area contributed by atoms with Gasteiger partial charge >= 0.3 is 0 Å². The maximum atomic E-state index is 12.6. The molecule has 6 heteroatoms. The molecular weight excluding hydrogens is 276 g/mol. The molecule has 0 aliphatic carbocycles. The van der Waals surface area contributed by atoms with Crippen molar-refractivity contribution < 1.29 is 13.2 Å². The molecule has 0 bridgehead atoms. The smallest absolute Gasteiger partial charge is 0.239 e. The number of sulfone groups is 1. The van der Waals surface area contributed by atoms with Crippen molar-refractivity contribution in [2.75, 3.05) is 37.7 Å². The van der Waals surface area contributed by atoms with Crippen LogP contribution in [0.15, 0.2) is 0 Å². The van der Waals surface area contributed by atoms with E-state index < -0.39 is 9.84 Å². The molecule has 0 N–H and O–H groups in total. The third-order valence-electron chi connectivity index (χ3n) is 3.99. The van der Waals surface area contributed by atoms with Gasteiger partial charge in [0.1, 0.15) is 0 Å². The van der Waals surface area contributed by atoms with Gasteiger partial charge < -0.3 is 4.90 Å². The molecule has 2 fully saturated rings. The highest BCUT2D eigenvalue weighted by Crippen LogP contribution is 2.23. The number of amides is 1. The highest BCUT2D eigenvalue weighted by Gasteiger charge is 2.36. The number of nitrogens with zero attached hydrogens (tertiary/aromatic N) is 2. The van der Waals surface area contributed by atoms with E-state index in [1.807, 2.05) is 4.90 Å². The summed E-state index contributed by atoms with van der Waals surface area (Å²) in [4.78, 5) is 16.6. The van der Waals surface area contributed by atoms with E-state index in [0.29, 0.717) is 13.1 Å². The van der Waals surface area contributed by atoms with Crippen molar-refractivity contribution in [1.82, 2.24) is 9.80 Å². The fourth-order valence-corrected chi connectivity index (χ4v) is 4.26. The number of rotatable bonds is 2. The zero-order chi connectivity index (χ0) is 15.0. The SMILES string of the molecule is CC(C)(C)CN1CCC[C@H](N2CCS(=O)(=O)CC2)C1=O. The molecule has 2 saturated heterocycles. The number of carbonyl (C=O) groups excluding carboxylic acids is 1. The number of hydrogen-bond acceptors (Lipinski definition) is 4. The first-order chi connectivity index (χ1) is 9.18. The van der Waals surface area contributed by atoms with Crippen LogP contribution in [0, 0.1) is 5.41 Å². The van der Waals surface area contributed by atoms with Gasteiger partial charge in [-0.3, -0.25) is 9.69 Å². The summed E-state index contributed by atoms with van der Waals surface area (Å²) >= 11 is 0. The Bertz CT molecular complexity index is 453. The minimum Gasteiger partial charge on any atom is -0.341 e. The van der Waals surface area contributed by atoms with Gasteiger partial charge in [0.2, 0.25) is 5.91 Å². The van der Waals surface area contributed by atoms with Gasteiger partial charge in [-0.25, -0.2) is 8.42 Å². The Labute approximate surface area is 122 Å². The lowest BCUT2D eigenvalue weighted by Gasteiger charge is -2.41. The maximum Gasteiger partial charge on any atom is 0.239 e. The minimum atomic E-state index is -2.88. The Morgan fingerprint density at radius 3 is 2.30 bits per heavy atom. The van der Waals surface area contributed by atoms with E-state index in [9.17, 15) is 13.2 Å². The van der Waals surface area contributed by atoms with Gasteiger partial charge in [-0.2, -0.15) is 0 Å². The molecule has 1 amide bonds. The Morgan fingerprint density at radius 2 is 1.75 bits per heavy atom. The number of likely N-dealkylation sites (tertiary alicyclic amines) is 1. The second-order valence-corrected chi connectivity index (χ2v) is 9.47. The molecule has 116 valence electrons. The van der Waals surface area contributed by atoms with Crippen molar-refractivity contribution in [3.63, 3.8) is 0 Å². The summed E-state index contributed by atoms with van der Waals surface area (Å²) in [7, 11) is -2.88. The fraction of sp³-hybridized carbons (Fsp3) is 0.929. The molecule has 2 aliphatic heterocycles. The number of piperidine rings is 1. The largest absolute Gasteiger partial charge is 0.341 e. The molecule has 2 rings (SSSR count). The highest BCUT2D eigenvalue weighted by molar-refractivity contribution is 7.91. The van der Waals surface area contributed by atoms with Crippen LogP contribution in [-0.4, -0.2) is 67.9 Å². The van der Waals surface area contributed by atoms with Crippen molar-refractivity contribution in [3.8, 4) is 0 Å². The first-order valence-corrected chi connectivity index (χ1v) is 9.23. The monoisotopic (exact) mass is 302 g/mol. The van der Waals surface area contributed by atoms with Crippen LogP contribution in [0.2, 0.25) is 0 Å². The Balaban J connectivity index is 2.00. The van der Waals surface area contributed by atoms with Gasteiger partial charge in [0.05, 0.1) is 17.5 Å². The third-order valence-corrected chi connectivity index (χ3v) is 5.60. The average molecular weight is 302 g/mol. The van der Waals surface area contributed by atoms with Crippen molar-refractivity contribution >= 4 is 15.7 Å². The molecule has 2 aliphatic rings. The molecule has 20 heavy (non-hydrogen) atoms. The maximum absolute atomic E-state index is 12.6. The van der Waals surface area contributed by atoms with E-state index in [0.717, 1.165) is 25.9 Å². The molecule has 0 aromatic heterocycles. The molecule has 2 heterocycles. The van der Waals surface area contributed by atoms with E-state index in [1.165, 1.54) is 0 Å². The van der Waals surface area contributed by atoms with Crippen LogP contribution in [-0.2, 0) is 14.6 Å². The summed E-state index contributed by atoms with van der Waals surface area (Å²) in [5.41, 5.74) is 0.1000. The summed E-state index contributed by atoms with van der Waals surface area (Å²) in [5.74, 6) is 0.567. The summed E-state index contributed by atoms with van der Waals surface area (Å²) < 4.78 is 23.0. The van der Waals surface area contributed by atoms with Crippen LogP contribution in [0.5, 0.6) is 0 Å². The Hall–Kier alpha value is -0.620. The van der Waals surface area contributed by atoms with Gasteiger partial charge in [0, 0.05) is 26.2 Å². The predicted molar refractivity (Wildman–Crippen MR) is 79.3 cm³/mol. The second-order valence-electron chi connectivity index (χ2n) is 7.17. The van der Waals surface area contributed by atoms with Crippen LogP contribution in [0.3, 0.4) is 0 Å². The molecule has 0 saturated carbocycles. The average Bonchev–Trinajstić information content (AvgIpc) is 2.31. The topological polar surface area (TPSA) is 57.7 Å². The molecule has 0 aromatic carbocycles. The van der Waals surface area contributed by atoms with E-state index in [4.69, 9.17) is 0 Å². The summed E-state index contributed by atoms with van der Waals surface area (Å²) in [6, 6.07) is -0.110. The van der Waals surface area contributed by atoms with E-state index >= 15 is 0 Å². The van der Waals surface area contributed by atoms with Crippen molar-refractivity contribution in [1.29, 1.82) is 0 Å². The van der Waals surface area contributed by atoms with E-state index in [2.05, 4.69) is 25.7 Å². The first-order valence-electron chi connectivity index (χ1n) is 7.41. The quantitative estimate of drug-likeness (QED) is 0.755. The summed E-state index contributed by atoms with van der Waals surface area (Å²) in [6.07, 6.45) is 1.87. The normalized spacial score (nSPS) is 28.6. The third kappa shape index (κ3) is 3.95. The lowest BCUT2D eigenvalue weighted by atomic mass is 9.93. The van der Waals surface area contributed by atoms with Crippen molar-refractivity contribution in [3.05, 3.63) is 0 Å². The van der Waals surface area contributed by atoms with Crippen molar-refractivity contribution in [2.24, 2.45) is 5.41 Å². The highest BCUT2D eigenvalue weighted by atomic mass is 32.2. The van der Waals surface area contributed by atoms with Crippen LogP contribution in [0.4, 0.5) is 0 Å². The molecule has 0 aromatic rings. The van der Waals surface area contributed by atoms with E-state index in [-0.39, 0.29) is 28.9 Å². The van der Waals surface area contributed by atoms with Gasteiger partial charge in [-0.15, -0.1) is 0 Å². The molecule has 0 spiro atoms. The summed E-state index contributed by atoms with van der Waals surface area (Å²) in [6.45, 7) is 9.02. The van der Waals surface area contributed by atoms with Gasteiger partial charge in [-0.05, 0) is 18.3 Å². The Kier molecular flexibility index (Phi) is 4.44. The van der Waals surface area contributed by atoms with Crippen LogP contribution >= 0.6 is 0 Å². The molecule has 1 atom stereocenters. The van der Waals surface area contributed by atoms with Gasteiger partial charge in [0.25, 0.3) is 0 Å². The molecular formula is C14H26N2O3S. The minimum absolute atomic E-state index is 0.1000. The lowest BCUT2D eigenvalue weighted by molar-refractivity contribution is -0.141. The van der Waals surface area contributed by atoms with Crippen LogP contribution in [0.25, 0.3) is 0 Å². The zero-order valence-electron chi connectivity index (χ0n) is 12.8.